The molecule has 4 nitrogen and oxygen atoms in total. The highest BCUT2D eigenvalue weighted by molar-refractivity contribution is 5.59. The minimum absolute atomic E-state index is 0.572. The number of anilines is 1. The molecule has 0 saturated heterocycles. The third-order valence-corrected chi connectivity index (χ3v) is 1.45. The van der Waals surface area contributed by atoms with E-state index in [1.165, 1.54) is 0 Å². The third kappa shape index (κ3) is 2.66. The van der Waals surface area contributed by atoms with Gasteiger partial charge in [-0.15, -0.1) is 0 Å². The zero-order valence-electron chi connectivity index (χ0n) is 7.41. The van der Waals surface area contributed by atoms with E-state index in [0.29, 0.717) is 13.0 Å². The lowest BCUT2D eigenvalue weighted by molar-refractivity contribution is -0.109. The zero-order valence-corrected chi connectivity index (χ0v) is 7.41. The van der Waals surface area contributed by atoms with Gasteiger partial charge in [0.15, 0.2) is 0 Å². The Kier molecular flexibility index (Phi) is 3.63. The Bertz CT molecular complexity index is 276. The van der Waals surface area contributed by atoms with Crippen molar-refractivity contribution in [1.82, 2.24) is 5.43 Å². The summed E-state index contributed by atoms with van der Waals surface area (Å²) in [5, 5.41) is 0. The van der Waals surface area contributed by atoms with Crippen molar-refractivity contribution in [3.63, 3.8) is 0 Å². The van der Waals surface area contributed by atoms with E-state index in [1.807, 2.05) is 31.2 Å². The van der Waals surface area contributed by atoms with Crippen LogP contribution in [0.15, 0.2) is 24.3 Å². The summed E-state index contributed by atoms with van der Waals surface area (Å²) in [4.78, 5) is 10.0. The van der Waals surface area contributed by atoms with Gasteiger partial charge >= 0.3 is 0 Å². The number of nitrogens with one attached hydrogen (secondary N) is 2. The van der Waals surface area contributed by atoms with Crippen molar-refractivity contribution in [1.29, 1.82) is 0 Å². The molecule has 0 atom stereocenters. The molecule has 0 aromatic heterocycles. The molecule has 1 rings (SSSR count). The second kappa shape index (κ2) is 5.03. The normalized spacial score (nSPS) is 9.00. The van der Waals surface area contributed by atoms with E-state index in [1.54, 1.807) is 0 Å². The first-order valence-corrected chi connectivity index (χ1v) is 4.05. The summed E-state index contributed by atoms with van der Waals surface area (Å²) in [6.45, 7) is 2.50. The number of hydrazine groups is 1. The van der Waals surface area contributed by atoms with Gasteiger partial charge in [-0.3, -0.25) is 15.6 Å². The second-order valence-electron chi connectivity index (χ2n) is 2.32. The molecular weight excluding hydrogens is 168 g/mol. The molecule has 13 heavy (non-hydrogen) atoms. The molecule has 0 bridgehead atoms. The van der Waals surface area contributed by atoms with Gasteiger partial charge in [-0.25, -0.2) is 0 Å². The van der Waals surface area contributed by atoms with Crippen LogP contribution in [0.1, 0.15) is 6.92 Å². The van der Waals surface area contributed by atoms with Crippen LogP contribution in [0.4, 0.5) is 5.69 Å². The van der Waals surface area contributed by atoms with Crippen LogP contribution in [0.2, 0.25) is 0 Å². The quantitative estimate of drug-likeness (QED) is 0.528. The Morgan fingerprint density at radius 3 is 2.92 bits per heavy atom. The van der Waals surface area contributed by atoms with E-state index in [-0.39, 0.29) is 0 Å². The number of para-hydroxylation sites is 2. The predicted molar refractivity (Wildman–Crippen MR) is 50.4 cm³/mol. The summed E-state index contributed by atoms with van der Waals surface area (Å²) in [6.07, 6.45) is 0.572. The molecule has 0 unspecified atom stereocenters. The maximum atomic E-state index is 10.0. The topological polar surface area (TPSA) is 50.4 Å². The molecule has 70 valence electrons. The molecule has 0 fully saturated rings. The van der Waals surface area contributed by atoms with Gasteiger partial charge in [0, 0.05) is 0 Å². The molecule has 1 aromatic carbocycles. The number of hydrogen-bond donors (Lipinski definition) is 2. The molecule has 0 spiro atoms. The fourth-order valence-electron chi connectivity index (χ4n) is 0.958. The van der Waals surface area contributed by atoms with E-state index in [0.717, 1.165) is 11.4 Å². The minimum atomic E-state index is 0.572. The first kappa shape index (κ1) is 9.38. The largest absolute Gasteiger partial charge is 0.492 e. The molecule has 1 aromatic rings. The van der Waals surface area contributed by atoms with Crippen molar-refractivity contribution in [3.05, 3.63) is 24.3 Å². The van der Waals surface area contributed by atoms with Crippen LogP contribution in [0.25, 0.3) is 0 Å². The number of rotatable bonds is 5. The maximum absolute atomic E-state index is 10.0. The van der Waals surface area contributed by atoms with Gasteiger partial charge in [-0.05, 0) is 19.1 Å². The Morgan fingerprint density at radius 1 is 1.46 bits per heavy atom. The van der Waals surface area contributed by atoms with Gasteiger partial charge in [0.2, 0.25) is 6.41 Å². The Morgan fingerprint density at radius 2 is 2.23 bits per heavy atom. The monoisotopic (exact) mass is 180 g/mol. The molecule has 0 radical (unpaired) electrons. The highest BCUT2D eigenvalue weighted by atomic mass is 16.5. The third-order valence-electron chi connectivity index (χ3n) is 1.45. The van der Waals surface area contributed by atoms with Crippen LogP contribution in [0, 0.1) is 0 Å². The number of hydrogen-bond acceptors (Lipinski definition) is 3. The number of amides is 1. The molecule has 4 heteroatoms. The van der Waals surface area contributed by atoms with Crippen molar-refractivity contribution < 1.29 is 9.53 Å². The summed E-state index contributed by atoms with van der Waals surface area (Å²) in [5.74, 6) is 0.722. The average molecular weight is 180 g/mol. The first-order chi connectivity index (χ1) is 6.38. The van der Waals surface area contributed by atoms with Crippen molar-refractivity contribution in [2.75, 3.05) is 12.0 Å². The summed E-state index contributed by atoms with van der Waals surface area (Å²) >= 11 is 0. The molecule has 0 aliphatic carbocycles. The van der Waals surface area contributed by atoms with Crippen LogP contribution in [-0.4, -0.2) is 13.0 Å². The molecular formula is C9H12N2O2. The predicted octanol–water partition coefficient (Wildman–Crippen LogP) is 1.16. The van der Waals surface area contributed by atoms with Crippen LogP contribution >= 0.6 is 0 Å². The minimum Gasteiger partial charge on any atom is -0.492 e. The molecule has 0 aliphatic heterocycles. The van der Waals surface area contributed by atoms with Gasteiger partial charge in [-0.1, -0.05) is 12.1 Å². The van der Waals surface area contributed by atoms with Gasteiger partial charge < -0.3 is 4.74 Å². The van der Waals surface area contributed by atoms with E-state index >= 15 is 0 Å². The molecule has 0 heterocycles. The summed E-state index contributed by atoms with van der Waals surface area (Å²) < 4.78 is 5.32. The van der Waals surface area contributed by atoms with Crippen LogP contribution in [0.3, 0.4) is 0 Å². The van der Waals surface area contributed by atoms with Crippen LogP contribution in [-0.2, 0) is 4.79 Å². The Labute approximate surface area is 76.9 Å². The van der Waals surface area contributed by atoms with E-state index in [4.69, 9.17) is 4.74 Å². The van der Waals surface area contributed by atoms with Crippen molar-refractivity contribution in [3.8, 4) is 5.75 Å². The van der Waals surface area contributed by atoms with Gasteiger partial charge in [-0.2, -0.15) is 0 Å². The van der Waals surface area contributed by atoms with Gasteiger partial charge in [0.25, 0.3) is 0 Å². The number of benzene rings is 1. The van der Waals surface area contributed by atoms with E-state index in [9.17, 15) is 4.79 Å². The maximum Gasteiger partial charge on any atom is 0.225 e. The summed E-state index contributed by atoms with van der Waals surface area (Å²) in [7, 11) is 0. The summed E-state index contributed by atoms with van der Waals surface area (Å²) in [6, 6.07) is 7.38. The van der Waals surface area contributed by atoms with Crippen LogP contribution < -0.4 is 15.6 Å². The SMILES string of the molecule is CCOc1ccccc1NNC=O. The highest BCUT2D eigenvalue weighted by Gasteiger charge is 1.99. The number of carbonyl (C=O) groups excluding carboxylic acids is 1. The molecule has 2 N–H and O–H groups in total. The zero-order chi connectivity index (χ0) is 9.52. The first-order valence-electron chi connectivity index (χ1n) is 4.05. The van der Waals surface area contributed by atoms with Gasteiger partial charge in [0.1, 0.15) is 5.75 Å². The Hall–Kier alpha value is -1.71. The standard InChI is InChI=1S/C9H12N2O2/c1-2-13-9-6-4-3-5-8(9)11-10-7-12/h3-7,11H,2H2,1H3,(H,10,12). The molecule has 0 saturated carbocycles. The van der Waals surface area contributed by atoms with Crippen molar-refractivity contribution >= 4 is 12.1 Å². The van der Waals surface area contributed by atoms with Crippen LogP contribution in [0.5, 0.6) is 5.75 Å². The molecule has 0 aliphatic rings. The summed E-state index contributed by atoms with van der Waals surface area (Å²) in [5.41, 5.74) is 5.80. The fraction of sp³-hybridized carbons (Fsp3) is 0.222. The lowest BCUT2D eigenvalue weighted by atomic mass is 10.3. The second-order valence-corrected chi connectivity index (χ2v) is 2.32. The smallest absolute Gasteiger partial charge is 0.225 e. The Balaban J connectivity index is 2.71. The highest BCUT2D eigenvalue weighted by Crippen LogP contribution is 2.22. The molecule has 1 amide bonds. The van der Waals surface area contributed by atoms with E-state index in [2.05, 4.69) is 10.9 Å². The number of carbonyl (C=O) groups is 1. The number of ether oxygens (including phenoxy) is 1. The fourth-order valence-corrected chi connectivity index (χ4v) is 0.958. The van der Waals surface area contributed by atoms with Gasteiger partial charge in [0.05, 0.1) is 12.3 Å². The van der Waals surface area contributed by atoms with Crippen molar-refractivity contribution in [2.45, 2.75) is 6.92 Å². The lowest BCUT2D eigenvalue weighted by Crippen LogP contribution is -2.19. The van der Waals surface area contributed by atoms with E-state index < -0.39 is 0 Å². The average Bonchev–Trinajstić information content (AvgIpc) is 2.17. The van der Waals surface area contributed by atoms with Crippen molar-refractivity contribution in [2.24, 2.45) is 0 Å². The lowest BCUT2D eigenvalue weighted by Gasteiger charge is -2.10.